The number of hydrogen-bond donors (Lipinski definition) is 1. The van der Waals surface area contributed by atoms with Crippen molar-refractivity contribution in [2.75, 3.05) is 50.1 Å². The van der Waals surface area contributed by atoms with Gasteiger partial charge in [-0.25, -0.2) is 4.79 Å². The molecule has 4 rings (SSSR count). The van der Waals surface area contributed by atoms with E-state index < -0.39 is 17.7 Å². The van der Waals surface area contributed by atoms with Gasteiger partial charge in [0.1, 0.15) is 5.00 Å². The highest BCUT2D eigenvalue weighted by atomic mass is 32.1. The summed E-state index contributed by atoms with van der Waals surface area (Å²) in [6.07, 6.45) is 1.71. The third-order valence-corrected chi connectivity index (χ3v) is 7.80. The van der Waals surface area contributed by atoms with Gasteiger partial charge in [0.2, 0.25) is 5.91 Å². The molecule has 1 saturated heterocycles. The number of benzene rings is 1. The summed E-state index contributed by atoms with van der Waals surface area (Å²) in [5.41, 5.74) is 1.36. The van der Waals surface area contributed by atoms with Gasteiger partial charge in [0, 0.05) is 36.7 Å². The van der Waals surface area contributed by atoms with Crippen LogP contribution in [0.25, 0.3) is 0 Å². The van der Waals surface area contributed by atoms with Gasteiger partial charge < -0.3 is 15.0 Å². The number of rotatable bonds is 5. The van der Waals surface area contributed by atoms with E-state index in [4.69, 9.17) is 4.74 Å². The molecule has 0 unspecified atom stereocenters. The van der Waals surface area contributed by atoms with Crippen LogP contribution in [0.3, 0.4) is 0 Å². The van der Waals surface area contributed by atoms with E-state index in [1.165, 1.54) is 37.0 Å². The molecule has 0 bridgehead atoms. The van der Waals surface area contributed by atoms with Crippen molar-refractivity contribution in [2.24, 2.45) is 0 Å². The number of methoxy groups -OCH3 is 1. The average Bonchev–Trinajstić information content (AvgIpc) is 3.14. The zero-order valence-electron chi connectivity index (χ0n) is 19.7. The van der Waals surface area contributed by atoms with Gasteiger partial charge in [-0.3, -0.25) is 9.69 Å². The Hall–Kier alpha value is -2.59. The molecule has 2 aromatic rings. The zero-order valence-corrected chi connectivity index (χ0v) is 20.6. The SMILES string of the molecule is COC(=O)c1c(NC(=O)CN2CCN(c3cccc(C(F)(F)F)c3)CC2)sc2c1CCCCCC2. The quantitative estimate of drug-likeness (QED) is 0.577. The van der Waals surface area contributed by atoms with Gasteiger partial charge in [0.15, 0.2) is 0 Å². The summed E-state index contributed by atoms with van der Waals surface area (Å²) in [5, 5.41) is 3.49. The Morgan fingerprint density at radius 2 is 1.77 bits per heavy atom. The van der Waals surface area contributed by atoms with Gasteiger partial charge in [-0.1, -0.05) is 18.9 Å². The minimum Gasteiger partial charge on any atom is -0.465 e. The minimum absolute atomic E-state index is 0.152. The number of hydrogen-bond acceptors (Lipinski definition) is 6. The summed E-state index contributed by atoms with van der Waals surface area (Å²) in [6, 6.07) is 5.33. The van der Waals surface area contributed by atoms with Gasteiger partial charge in [-0.2, -0.15) is 13.2 Å². The molecule has 1 aliphatic heterocycles. The lowest BCUT2D eigenvalue weighted by Crippen LogP contribution is -2.48. The molecule has 190 valence electrons. The smallest absolute Gasteiger partial charge is 0.416 e. The molecule has 1 fully saturated rings. The molecule has 0 radical (unpaired) electrons. The molecule has 2 heterocycles. The number of thiophene rings is 1. The Morgan fingerprint density at radius 1 is 1.06 bits per heavy atom. The third kappa shape index (κ3) is 6.16. The summed E-state index contributed by atoms with van der Waals surface area (Å²) in [6.45, 7) is 2.30. The number of carbonyl (C=O) groups excluding carboxylic acids is 2. The van der Waals surface area contributed by atoms with Crippen LogP contribution in [-0.2, 0) is 28.5 Å². The van der Waals surface area contributed by atoms with Crippen LogP contribution < -0.4 is 10.2 Å². The number of nitrogens with one attached hydrogen (secondary N) is 1. The molecule has 2 aliphatic rings. The Balaban J connectivity index is 1.38. The molecular formula is C25H30F3N3O3S. The molecule has 1 aromatic carbocycles. The van der Waals surface area contributed by atoms with Crippen molar-refractivity contribution in [1.29, 1.82) is 0 Å². The molecule has 1 aromatic heterocycles. The maximum atomic E-state index is 13.0. The predicted octanol–water partition coefficient (Wildman–Crippen LogP) is 4.97. The van der Waals surface area contributed by atoms with Crippen molar-refractivity contribution in [3.63, 3.8) is 0 Å². The Kier molecular flexibility index (Phi) is 8.01. The van der Waals surface area contributed by atoms with Gasteiger partial charge in [-0.05, 0) is 49.4 Å². The van der Waals surface area contributed by atoms with Crippen molar-refractivity contribution in [1.82, 2.24) is 4.90 Å². The highest BCUT2D eigenvalue weighted by molar-refractivity contribution is 7.17. The van der Waals surface area contributed by atoms with Crippen LogP contribution in [0.15, 0.2) is 24.3 Å². The van der Waals surface area contributed by atoms with Crippen LogP contribution in [0.2, 0.25) is 0 Å². The molecule has 0 saturated carbocycles. The number of aryl methyl sites for hydroxylation is 1. The maximum Gasteiger partial charge on any atom is 0.416 e. The number of esters is 1. The van der Waals surface area contributed by atoms with Crippen LogP contribution in [0.5, 0.6) is 0 Å². The first-order chi connectivity index (χ1) is 16.8. The number of carbonyl (C=O) groups is 2. The van der Waals surface area contributed by atoms with Crippen LogP contribution >= 0.6 is 11.3 Å². The van der Waals surface area contributed by atoms with E-state index >= 15 is 0 Å². The number of fused-ring (bicyclic) bond motifs is 1. The second-order valence-corrected chi connectivity index (χ2v) is 10.1. The largest absolute Gasteiger partial charge is 0.465 e. The van der Waals surface area contributed by atoms with E-state index in [9.17, 15) is 22.8 Å². The van der Waals surface area contributed by atoms with Crippen LogP contribution in [0.4, 0.5) is 23.9 Å². The van der Waals surface area contributed by atoms with E-state index in [2.05, 4.69) is 5.32 Å². The fourth-order valence-corrected chi connectivity index (χ4v) is 6.03. The zero-order chi connectivity index (χ0) is 25.0. The number of ether oxygens (including phenoxy) is 1. The van der Waals surface area contributed by atoms with Crippen LogP contribution in [0.1, 0.15) is 52.0 Å². The summed E-state index contributed by atoms with van der Waals surface area (Å²) in [4.78, 5) is 30.4. The summed E-state index contributed by atoms with van der Waals surface area (Å²) in [7, 11) is 1.35. The molecule has 1 aliphatic carbocycles. The lowest BCUT2D eigenvalue weighted by molar-refractivity contribution is -0.137. The van der Waals surface area contributed by atoms with Crippen LogP contribution in [-0.4, -0.2) is 56.6 Å². The number of nitrogens with zero attached hydrogens (tertiary/aromatic N) is 2. The van der Waals surface area contributed by atoms with E-state index in [-0.39, 0.29) is 12.5 Å². The first kappa shape index (κ1) is 25.5. The molecule has 6 nitrogen and oxygen atoms in total. The number of halogens is 3. The molecule has 1 N–H and O–H groups in total. The summed E-state index contributed by atoms with van der Waals surface area (Å²) < 4.78 is 44.1. The fraction of sp³-hybridized carbons (Fsp3) is 0.520. The molecular weight excluding hydrogens is 479 g/mol. The summed E-state index contributed by atoms with van der Waals surface area (Å²) in [5.74, 6) is -0.634. The predicted molar refractivity (Wildman–Crippen MR) is 130 cm³/mol. The molecule has 1 amide bonds. The number of piperazine rings is 1. The Bertz CT molecular complexity index is 1060. The molecule has 0 spiro atoms. The third-order valence-electron chi connectivity index (χ3n) is 6.59. The topological polar surface area (TPSA) is 61.9 Å². The standard InChI is InChI=1S/C25H30F3N3O3S/c1-34-24(33)22-19-9-4-2-3-5-10-20(19)35-23(22)29-21(32)16-30-11-13-31(14-12-30)18-8-6-7-17(15-18)25(26,27)28/h6-8,15H,2-5,9-14,16H2,1H3,(H,29,32). The van der Waals surface area contributed by atoms with E-state index in [1.807, 2.05) is 9.80 Å². The van der Waals surface area contributed by atoms with Crippen molar-refractivity contribution in [2.45, 2.75) is 44.7 Å². The van der Waals surface area contributed by atoms with Gasteiger partial charge in [0.25, 0.3) is 0 Å². The summed E-state index contributed by atoms with van der Waals surface area (Å²) >= 11 is 1.47. The second-order valence-electron chi connectivity index (χ2n) is 8.97. The Labute approximate surface area is 207 Å². The lowest BCUT2D eigenvalue weighted by atomic mass is 9.96. The average molecular weight is 510 g/mol. The number of anilines is 2. The highest BCUT2D eigenvalue weighted by Crippen LogP contribution is 2.37. The first-order valence-electron chi connectivity index (χ1n) is 11.9. The number of alkyl halides is 3. The van der Waals surface area contributed by atoms with E-state index in [0.29, 0.717) is 42.4 Å². The van der Waals surface area contributed by atoms with Crippen molar-refractivity contribution in [3.05, 3.63) is 45.8 Å². The maximum absolute atomic E-state index is 13.0. The first-order valence-corrected chi connectivity index (χ1v) is 12.7. The lowest BCUT2D eigenvalue weighted by Gasteiger charge is -2.36. The van der Waals surface area contributed by atoms with E-state index in [0.717, 1.165) is 48.6 Å². The van der Waals surface area contributed by atoms with Crippen molar-refractivity contribution in [3.8, 4) is 0 Å². The minimum atomic E-state index is -4.38. The molecule has 10 heteroatoms. The van der Waals surface area contributed by atoms with Gasteiger partial charge in [-0.15, -0.1) is 11.3 Å². The van der Waals surface area contributed by atoms with Crippen molar-refractivity contribution >= 4 is 33.9 Å². The number of amides is 1. The molecule has 35 heavy (non-hydrogen) atoms. The normalized spacial score (nSPS) is 17.3. The van der Waals surface area contributed by atoms with Crippen LogP contribution in [0, 0.1) is 0 Å². The second kappa shape index (κ2) is 11.0. The van der Waals surface area contributed by atoms with Gasteiger partial charge >= 0.3 is 12.1 Å². The van der Waals surface area contributed by atoms with Gasteiger partial charge in [0.05, 0.1) is 24.8 Å². The highest BCUT2D eigenvalue weighted by Gasteiger charge is 2.31. The monoisotopic (exact) mass is 509 g/mol. The van der Waals surface area contributed by atoms with Crippen molar-refractivity contribution < 1.29 is 27.5 Å². The van der Waals surface area contributed by atoms with E-state index in [1.54, 1.807) is 6.07 Å². The Morgan fingerprint density at radius 3 is 2.46 bits per heavy atom. The fourth-order valence-electron chi connectivity index (χ4n) is 4.74. The molecule has 0 atom stereocenters.